The molecule has 2 amide bonds. The second kappa shape index (κ2) is 11.5. The molecule has 39 heavy (non-hydrogen) atoms. The topological polar surface area (TPSA) is 122 Å². The highest BCUT2D eigenvalue weighted by Crippen LogP contribution is 2.48. The van der Waals surface area contributed by atoms with Crippen LogP contribution in [0.1, 0.15) is 39.3 Å². The Labute approximate surface area is 227 Å². The minimum Gasteiger partial charge on any atom is -0.493 e. The fourth-order valence-corrected chi connectivity index (χ4v) is 3.98. The molecule has 11 heteroatoms. The fourth-order valence-electron chi connectivity index (χ4n) is 3.98. The molecule has 2 aromatic carbocycles. The van der Waals surface area contributed by atoms with E-state index >= 15 is 0 Å². The highest BCUT2D eigenvalue weighted by molar-refractivity contribution is 6.15. The zero-order chi connectivity index (χ0) is 29.1. The van der Waals surface area contributed by atoms with E-state index in [0.29, 0.717) is 34.1 Å². The number of hydrogen-bond acceptors (Lipinski definition) is 9. The van der Waals surface area contributed by atoms with Crippen LogP contribution < -0.4 is 33.9 Å². The smallest absolute Gasteiger partial charge is 0.408 e. The molecule has 1 fully saturated rings. The number of rotatable bonds is 9. The predicted molar refractivity (Wildman–Crippen MR) is 143 cm³/mol. The van der Waals surface area contributed by atoms with Gasteiger partial charge in [-0.3, -0.25) is 9.69 Å². The number of benzene rings is 2. The number of esters is 1. The monoisotopic (exact) mass is 542 g/mol. The summed E-state index contributed by atoms with van der Waals surface area (Å²) in [6.07, 6.45) is -0.752. The summed E-state index contributed by atoms with van der Waals surface area (Å²) < 4.78 is 32.4. The Morgan fingerprint density at radius 2 is 1.51 bits per heavy atom. The summed E-state index contributed by atoms with van der Waals surface area (Å²) in [5.74, 6) is 0.514. The first kappa shape index (κ1) is 29.2. The van der Waals surface area contributed by atoms with E-state index in [1.54, 1.807) is 51.1 Å². The van der Waals surface area contributed by atoms with E-state index < -0.39 is 29.7 Å². The second-order valence-electron chi connectivity index (χ2n) is 9.69. The van der Waals surface area contributed by atoms with Crippen molar-refractivity contribution in [2.24, 2.45) is 0 Å². The molecule has 1 aliphatic heterocycles. The molecule has 210 valence electrons. The van der Waals surface area contributed by atoms with Gasteiger partial charge < -0.3 is 33.7 Å². The number of β-lactam (4-membered cyclic amide) rings is 1. The first-order chi connectivity index (χ1) is 18.3. The van der Waals surface area contributed by atoms with Gasteiger partial charge in [-0.15, -0.1) is 0 Å². The van der Waals surface area contributed by atoms with Crippen LogP contribution in [0, 0.1) is 0 Å². The number of nitrogens with one attached hydrogen (secondary N) is 1. The van der Waals surface area contributed by atoms with Gasteiger partial charge in [0.15, 0.2) is 23.0 Å². The zero-order valence-corrected chi connectivity index (χ0v) is 23.4. The minimum absolute atomic E-state index is 0.106. The molecular formula is C28H34N2O9. The largest absolute Gasteiger partial charge is 0.493 e. The standard InChI is InChI=1S/C28H34N2O9/c1-15-23(30(25(15)31)18-13-21(35-7)24(37-9)22(14-18)36-8)17-10-11-19(34-6)20(12-17)38-26(32)16(2)29-27(33)39-28(3,4)5/h10-14,16,23H,1H2,2-9H3,(H,29,33). The first-order valence-corrected chi connectivity index (χ1v) is 12.1. The van der Waals surface area contributed by atoms with Crippen LogP contribution in [-0.2, 0) is 14.3 Å². The van der Waals surface area contributed by atoms with Gasteiger partial charge in [0.2, 0.25) is 5.75 Å². The number of hydrogen-bond donors (Lipinski definition) is 1. The van der Waals surface area contributed by atoms with Crippen LogP contribution in [0.4, 0.5) is 10.5 Å². The molecule has 1 saturated heterocycles. The minimum atomic E-state index is -1.01. The van der Waals surface area contributed by atoms with Crippen LogP contribution in [0.2, 0.25) is 0 Å². The summed E-state index contributed by atoms with van der Waals surface area (Å²) in [5, 5.41) is 2.45. The number of amides is 2. The highest BCUT2D eigenvalue weighted by Gasteiger charge is 2.43. The van der Waals surface area contributed by atoms with Crippen molar-refractivity contribution >= 4 is 23.7 Å². The van der Waals surface area contributed by atoms with Crippen molar-refractivity contribution in [1.29, 1.82) is 0 Å². The Kier molecular flexibility index (Phi) is 8.63. The van der Waals surface area contributed by atoms with Crippen LogP contribution in [0.5, 0.6) is 28.7 Å². The molecule has 0 radical (unpaired) electrons. The summed E-state index contributed by atoms with van der Waals surface area (Å²) in [4.78, 5) is 39.3. The van der Waals surface area contributed by atoms with Gasteiger partial charge >= 0.3 is 12.1 Å². The molecule has 1 N–H and O–H groups in total. The Hall–Kier alpha value is -4.41. The number of nitrogens with zero attached hydrogens (tertiary/aromatic N) is 1. The van der Waals surface area contributed by atoms with Crippen molar-refractivity contribution in [3.8, 4) is 28.7 Å². The SMILES string of the molecule is C=C1C(=O)N(c2cc(OC)c(OC)c(OC)c2)C1c1ccc(OC)c(OC(=O)C(C)NC(=O)OC(C)(C)C)c1. The van der Waals surface area contributed by atoms with Gasteiger partial charge in [-0.1, -0.05) is 12.6 Å². The van der Waals surface area contributed by atoms with Gasteiger partial charge in [0.25, 0.3) is 5.91 Å². The van der Waals surface area contributed by atoms with E-state index in [1.165, 1.54) is 40.3 Å². The third-order valence-electron chi connectivity index (χ3n) is 5.81. The summed E-state index contributed by atoms with van der Waals surface area (Å²) in [6.45, 7) is 10.6. The first-order valence-electron chi connectivity index (χ1n) is 12.1. The molecule has 2 aromatic rings. The molecule has 2 unspecified atom stereocenters. The van der Waals surface area contributed by atoms with Gasteiger partial charge in [-0.25, -0.2) is 9.59 Å². The summed E-state index contributed by atoms with van der Waals surface area (Å²) in [7, 11) is 5.89. The van der Waals surface area contributed by atoms with Crippen LogP contribution in [0.25, 0.3) is 0 Å². The molecule has 2 atom stereocenters. The summed E-state index contributed by atoms with van der Waals surface area (Å²) in [6, 6.07) is 6.69. The fraction of sp³-hybridized carbons (Fsp3) is 0.393. The molecular weight excluding hydrogens is 508 g/mol. The van der Waals surface area contributed by atoms with E-state index in [0.717, 1.165) is 0 Å². The Bertz CT molecular complexity index is 1260. The van der Waals surface area contributed by atoms with Crippen molar-refractivity contribution in [2.75, 3.05) is 33.3 Å². The van der Waals surface area contributed by atoms with Crippen LogP contribution >= 0.6 is 0 Å². The lowest BCUT2D eigenvalue weighted by molar-refractivity contribution is -0.136. The van der Waals surface area contributed by atoms with Crippen molar-refractivity contribution in [3.05, 3.63) is 48.0 Å². The van der Waals surface area contributed by atoms with Crippen LogP contribution in [0.3, 0.4) is 0 Å². The Morgan fingerprint density at radius 1 is 0.923 bits per heavy atom. The van der Waals surface area contributed by atoms with Crippen molar-refractivity contribution < 1.29 is 42.8 Å². The average Bonchev–Trinajstić information content (AvgIpc) is 2.88. The lowest BCUT2D eigenvalue weighted by Gasteiger charge is -2.42. The quantitative estimate of drug-likeness (QED) is 0.215. The molecule has 0 aliphatic carbocycles. The zero-order valence-electron chi connectivity index (χ0n) is 23.4. The Balaban J connectivity index is 1.90. The molecule has 0 aromatic heterocycles. The lowest BCUT2D eigenvalue weighted by atomic mass is 9.88. The van der Waals surface area contributed by atoms with E-state index in [2.05, 4.69) is 11.9 Å². The van der Waals surface area contributed by atoms with Gasteiger partial charge in [0.05, 0.1) is 40.2 Å². The van der Waals surface area contributed by atoms with Gasteiger partial charge in [0.1, 0.15) is 11.6 Å². The van der Waals surface area contributed by atoms with Crippen LogP contribution in [0.15, 0.2) is 42.5 Å². The van der Waals surface area contributed by atoms with E-state index in [1.807, 2.05) is 0 Å². The van der Waals surface area contributed by atoms with Gasteiger partial charge in [-0.05, 0) is 45.4 Å². The average molecular weight is 543 g/mol. The molecule has 1 heterocycles. The number of carbonyl (C=O) groups excluding carboxylic acids is 3. The van der Waals surface area contributed by atoms with Gasteiger partial charge in [-0.2, -0.15) is 0 Å². The molecule has 0 bridgehead atoms. The van der Waals surface area contributed by atoms with Gasteiger partial charge in [0, 0.05) is 17.7 Å². The second-order valence-corrected chi connectivity index (χ2v) is 9.69. The Morgan fingerprint density at radius 3 is 2.03 bits per heavy atom. The number of anilines is 1. The number of alkyl carbamates (subject to hydrolysis) is 1. The maximum absolute atomic E-state index is 12.9. The molecule has 11 nitrogen and oxygen atoms in total. The maximum atomic E-state index is 12.9. The van der Waals surface area contributed by atoms with E-state index in [9.17, 15) is 14.4 Å². The number of carbonyl (C=O) groups is 3. The number of methoxy groups -OCH3 is 4. The predicted octanol–water partition coefficient (Wildman–Crippen LogP) is 4.18. The van der Waals surface area contributed by atoms with Crippen molar-refractivity contribution in [3.63, 3.8) is 0 Å². The maximum Gasteiger partial charge on any atom is 0.408 e. The normalized spacial score (nSPS) is 15.6. The lowest BCUT2D eigenvalue weighted by Crippen LogP contribution is -2.48. The third kappa shape index (κ3) is 6.19. The molecule has 0 spiro atoms. The highest BCUT2D eigenvalue weighted by atomic mass is 16.6. The number of ether oxygens (including phenoxy) is 6. The van der Waals surface area contributed by atoms with Crippen LogP contribution in [-0.4, -0.2) is 58.1 Å². The molecule has 3 rings (SSSR count). The molecule has 1 aliphatic rings. The summed E-state index contributed by atoms with van der Waals surface area (Å²) >= 11 is 0. The van der Waals surface area contributed by atoms with E-state index in [-0.39, 0.29) is 17.4 Å². The van der Waals surface area contributed by atoms with Crippen molar-refractivity contribution in [2.45, 2.75) is 45.4 Å². The van der Waals surface area contributed by atoms with Crippen molar-refractivity contribution in [1.82, 2.24) is 5.32 Å². The third-order valence-corrected chi connectivity index (χ3v) is 5.81. The molecule has 0 saturated carbocycles. The summed E-state index contributed by atoms with van der Waals surface area (Å²) in [5.41, 5.74) is 0.727. The van der Waals surface area contributed by atoms with E-state index in [4.69, 9.17) is 28.4 Å².